The second-order valence-electron chi connectivity index (χ2n) is 7.88. The van der Waals surface area contributed by atoms with Crippen LogP contribution >= 0.6 is 0 Å². The Balaban J connectivity index is 2.04. The van der Waals surface area contributed by atoms with Crippen LogP contribution in [0.2, 0.25) is 0 Å². The van der Waals surface area contributed by atoms with Gasteiger partial charge in [-0.2, -0.15) is 5.10 Å². The number of aryl methyl sites for hydroxylation is 1. The van der Waals surface area contributed by atoms with Gasteiger partial charge >= 0.3 is 6.16 Å². The fraction of sp³-hybridized carbons (Fsp3) is 0.217. The Labute approximate surface area is 204 Å². The van der Waals surface area contributed by atoms with Gasteiger partial charge in [0.05, 0.1) is 48.8 Å². The van der Waals surface area contributed by atoms with Gasteiger partial charge in [0.15, 0.2) is 11.6 Å². The fourth-order valence-electron chi connectivity index (χ4n) is 3.89. The normalized spacial score (nSPS) is 11.4. The molecule has 0 saturated carbocycles. The summed E-state index contributed by atoms with van der Waals surface area (Å²) in [5.74, 6) is -0.863. The van der Waals surface area contributed by atoms with Gasteiger partial charge < -0.3 is 34.6 Å². The molecule has 0 bridgehead atoms. The molecule has 0 radical (unpaired) electrons. The molecular weight excluding hydrogens is 475 g/mol. The Kier molecular flexibility index (Phi) is 6.45. The molecule has 0 fully saturated rings. The molecule has 3 heterocycles. The van der Waals surface area contributed by atoms with Crippen molar-refractivity contribution in [1.29, 1.82) is 0 Å². The van der Waals surface area contributed by atoms with Crippen LogP contribution in [0.1, 0.15) is 0 Å². The van der Waals surface area contributed by atoms with Crippen LogP contribution in [0.3, 0.4) is 0 Å². The van der Waals surface area contributed by atoms with Crippen molar-refractivity contribution in [3.05, 3.63) is 48.9 Å². The van der Waals surface area contributed by atoms with Crippen LogP contribution in [-0.4, -0.2) is 68.8 Å². The highest BCUT2D eigenvalue weighted by Gasteiger charge is 2.28. The monoisotopic (exact) mass is 498 g/mol. The Morgan fingerprint density at radius 1 is 1.08 bits per heavy atom. The minimum Gasteiger partial charge on any atom is -0.496 e. The van der Waals surface area contributed by atoms with Gasteiger partial charge in [0.25, 0.3) is 0 Å². The number of amides is 1. The summed E-state index contributed by atoms with van der Waals surface area (Å²) in [6, 6.07) is 3.46. The summed E-state index contributed by atoms with van der Waals surface area (Å²) < 4.78 is 27.0. The maximum Gasteiger partial charge on any atom is 0.453 e. The van der Waals surface area contributed by atoms with Gasteiger partial charge in [0.1, 0.15) is 11.4 Å². The number of nitrogens with zero attached hydrogens (tertiary/aromatic N) is 6. The highest BCUT2D eigenvalue weighted by atomic mass is 19.1. The van der Waals surface area contributed by atoms with E-state index >= 15 is 4.39 Å². The van der Waals surface area contributed by atoms with Crippen molar-refractivity contribution >= 4 is 34.4 Å². The van der Waals surface area contributed by atoms with E-state index in [9.17, 15) is 20.1 Å². The molecule has 4 rings (SSSR count). The SMILES string of the molecule is COc1cc2ncc(N(C)C=O)c(N(C)c3c(F)cncc3OC(O)(O)O)c2cc1-c1cnn(C)c1. The van der Waals surface area contributed by atoms with Crippen molar-refractivity contribution in [2.75, 3.05) is 31.0 Å². The van der Waals surface area contributed by atoms with Gasteiger partial charge in [0.2, 0.25) is 6.41 Å². The molecule has 3 N–H and O–H groups in total. The van der Waals surface area contributed by atoms with E-state index in [0.29, 0.717) is 40.0 Å². The summed E-state index contributed by atoms with van der Waals surface area (Å²) in [6.07, 6.45) is 3.74. The fourth-order valence-corrected chi connectivity index (χ4v) is 3.89. The van der Waals surface area contributed by atoms with Gasteiger partial charge in [-0.3, -0.25) is 19.4 Å². The van der Waals surface area contributed by atoms with Crippen LogP contribution < -0.4 is 19.3 Å². The zero-order valence-electron chi connectivity index (χ0n) is 19.7. The van der Waals surface area contributed by atoms with Crippen molar-refractivity contribution in [2.24, 2.45) is 7.05 Å². The molecule has 0 aliphatic carbocycles. The molecule has 0 aliphatic heterocycles. The molecule has 3 aromatic heterocycles. The number of benzene rings is 1. The molecule has 0 spiro atoms. The van der Waals surface area contributed by atoms with E-state index in [2.05, 4.69) is 15.1 Å². The van der Waals surface area contributed by atoms with Crippen molar-refractivity contribution in [1.82, 2.24) is 19.7 Å². The lowest BCUT2D eigenvalue weighted by molar-refractivity contribution is -0.419. The number of hydrogen-bond acceptors (Lipinski definition) is 10. The average molecular weight is 498 g/mol. The molecule has 0 aliphatic rings. The zero-order chi connectivity index (χ0) is 26.2. The number of carbonyl (C=O) groups excluding carboxylic acids is 1. The average Bonchev–Trinajstić information content (AvgIpc) is 3.26. The lowest BCUT2D eigenvalue weighted by Crippen LogP contribution is -2.35. The second-order valence-corrected chi connectivity index (χ2v) is 7.88. The number of carbonyl (C=O) groups is 1. The summed E-state index contributed by atoms with van der Waals surface area (Å²) >= 11 is 0. The number of anilines is 3. The zero-order valence-corrected chi connectivity index (χ0v) is 19.7. The van der Waals surface area contributed by atoms with Crippen LogP contribution in [0, 0.1) is 5.82 Å². The molecule has 1 aromatic carbocycles. The highest BCUT2D eigenvalue weighted by molar-refractivity contribution is 6.05. The summed E-state index contributed by atoms with van der Waals surface area (Å²) in [5.41, 5.74) is 2.18. The number of pyridine rings is 2. The number of aliphatic hydroxyl groups is 3. The van der Waals surface area contributed by atoms with Crippen molar-refractivity contribution < 1.29 is 34.0 Å². The molecule has 188 valence electrons. The quantitative estimate of drug-likeness (QED) is 0.241. The van der Waals surface area contributed by atoms with E-state index in [4.69, 9.17) is 9.47 Å². The summed E-state index contributed by atoms with van der Waals surface area (Å²) in [4.78, 5) is 22.4. The molecule has 4 aromatic rings. The van der Waals surface area contributed by atoms with Gasteiger partial charge in [-0.15, -0.1) is 0 Å². The number of hydrogen-bond donors (Lipinski definition) is 3. The first-order valence-corrected chi connectivity index (χ1v) is 10.4. The number of aromatic nitrogens is 4. The Hall–Kier alpha value is -4.33. The first-order valence-electron chi connectivity index (χ1n) is 10.4. The largest absolute Gasteiger partial charge is 0.496 e. The molecule has 0 saturated heterocycles. The number of ether oxygens (including phenoxy) is 2. The van der Waals surface area contributed by atoms with E-state index in [1.807, 2.05) is 0 Å². The number of fused-ring (bicyclic) bond motifs is 1. The summed E-state index contributed by atoms with van der Waals surface area (Å²) in [7, 11) is 6.26. The minimum absolute atomic E-state index is 0.293. The highest BCUT2D eigenvalue weighted by Crippen LogP contribution is 2.45. The summed E-state index contributed by atoms with van der Waals surface area (Å²) in [5, 5.41) is 32.7. The maximum absolute atomic E-state index is 15.1. The third-order valence-electron chi connectivity index (χ3n) is 5.45. The third-order valence-corrected chi connectivity index (χ3v) is 5.45. The number of rotatable bonds is 8. The van der Waals surface area contributed by atoms with E-state index in [1.165, 1.54) is 37.2 Å². The van der Waals surface area contributed by atoms with Gasteiger partial charge in [-0.1, -0.05) is 0 Å². The van der Waals surface area contributed by atoms with Gasteiger partial charge in [-0.05, 0) is 6.07 Å². The molecule has 36 heavy (non-hydrogen) atoms. The number of methoxy groups -OCH3 is 1. The second kappa shape index (κ2) is 9.37. The van der Waals surface area contributed by atoms with E-state index in [0.717, 1.165) is 18.0 Å². The van der Waals surface area contributed by atoms with Crippen LogP contribution in [0.4, 0.5) is 21.5 Å². The predicted octanol–water partition coefficient (Wildman–Crippen LogP) is 1.51. The van der Waals surface area contributed by atoms with Crippen LogP contribution in [-0.2, 0) is 11.8 Å². The minimum atomic E-state index is -3.59. The number of halogens is 1. The first-order chi connectivity index (χ1) is 17.0. The van der Waals surface area contributed by atoms with E-state index in [1.54, 1.807) is 36.3 Å². The third kappa shape index (κ3) is 4.62. The van der Waals surface area contributed by atoms with Crippen molar-refractivity contribution in [2.45, 2.75) is 6.16 Å². The molecule has 13 heteroatoms. The smallest absolute Gasteiger partial charge is 0.453 e. The van der Waals surface area contributed by atoms with E-state index < -0.39 is 17.7 Å². The first kappa shape index (κ1) is 24.8. The Morgan fingerprint density at radius 2 is 1.83 bits per heavy atom. The molecular formula is C23H23FN6O6. The van der Waals surface area contributed by atoms with E-state index in [-0.39, 0.29) is 5.69 Å². The van der Waals surface area contributed by atoms with Crippen LogP contribution in [0.25, 0.3) is 22.0 Å². The summed E-state index contributed by atoms with van der Waals surface area (Å²) in [6.45, 7) is 0. The Bertz CT molecular complexity index is 1440. The topological polar surface area (TPSA) is 146 Å². The maximum atomic E-state index is 15.1. The molecule has 0 atom stereocenters. The lowest BCUT2D eigenvalue weighted by Gasteiger charge is -2.29. The molecule has 1 amide bonds. The van der Waals surface area contributed by atoms with Crippen LogP contribution in [0.15, 0.2) is 43.1 Å². The lowest BCUT2D eigenvalue weighted by atomic mass is 10.0. The van der Waals surface area contributed by atoms with Gasteiger partial charge in [0, 0.05) is 49.9 Å². The van der Waals surface area contributed by atoms with Crippen molar-refractivity contribution in [3.63, 3.8) is 0 Å². The standard InChI is InChI=1S/C23H23FN6O6/c1-28(12-31)18-9-26-17-6-19(35-4)14(13-7-27-29(2)11-13)5-15(17)21(18)30(3)22-16(24)8-25-10-20(22)36-23(32,33)34/h5-12,32-34H,1-4H3. The predicted molar refractivity (Wildman–Crippen MR) is 127 cm³/mol. The Morgan fingerprint density at radius 3 is 2.44 bits per heavy atom. The van der Waals surface area contributed by atoms with Gasteiger partial charge in [-0.25, -0.2) is 4.39 Å². The van der Waals surface area contributed by atoms with Crippen molar-refractivity contribution in [3.8, 4) is 22.6 Å². The molecule has 0 unspecified atom stereocenters. The van der Waals surface area contributed by atoms with Crippen LogP contribution in [0.5, 0.6) is 11.5 Å². The molecule has 12 nitrogen and oxygen atoms in total.